The van der Waals surface area contributed by atoms with Gasteiger partial charge >= 0.3 is 24.3 Å². The van der Waals surface area contributed by atoms with Crippen LogP contribution in [0.4, 0.5) is 26.3 Å². The Morgan fingerprint density at radius 1 is 1.08 bits per heavy atom. The van der Waals surface area contributed by atoms with Gasteiger partial charge in [0.2, 0.25) is 0 Å². The zero-order valence-electron chi connectivity index (χ0n) is 19.6. The Hall–Kier alpha value is -1.90. The van der Waals surface area contributed by atoms with Crippen molar-refractivity contribution in [2.75, 3.05) is 46.4 Å². The lowest BCUT2D eigenvalue weighted by molar-refractivity contribution is -0.193. The fourth-order valence-electron chi connectivity index (χ4n) is 4.58. The molecule has 2 aliphatic heterocycles. The highest BCUT2D eigenvalue weighted by Gasteiger charge is 2.50. The van der Waals surface area contributed by atoms with Crippen molar-refractivity contribution in [1.29, 1.82) is 0 Å². The van der Waals surface area contributed by atoms with E-state index in [4.69, 9.17) is 24.5 Å². The zero-order valence-corrected chi connectivity index (χ0v) is 20.5. The highest BCUT2D eigenvalue weighted by atomic mass is 32.1. The molecular weight excluding hydrogens is 518 g/mol. The summed E-state index contributed by atoms with van der Waals surface area (Å²) in [5.74, 6) is -3.79. The number of hydrogen-bond donors (Lipinski definition) is 2. The second-order valence-electron chi connectivity index (χ2n) is 9.30. The second-order valence-corrected chi connectivity index (χ2v) is 10.3. The second kappa shape index (κ2) is 12.6. The molecule has 0 radical (unpaired) electrons. The van der Waals surface area contributed by atoms with Gasteiger partial charge in [-0.05, 0) is 43.2 Å². The smallest absolute Gasteiger partial charge is 0.475 e. The van der Waals surface area contributed by atoms with E-state index >= 15 is 0 Å². The molecule has 2 atom stereocenters. The number of carbonyl (C=O) groups is 2. The number of carboxylic acid groups (broad SMARTS) is 2. The minimum atomic E-state index is -5.08. The van der Waals surface area contributed by atoms with Crippen molar-refractivity contribution in [1.82, 2.24) is 9.80 Å². The van der Waals surface area contributed by atoms with Crippen LogP contribution in [0.3, 0.4) is 0 Å². The molecule has 2 N–H and O–H groups in total. The molecule has 0 aromatic carbocycles. The van der Waals surface area contributed by atoms with E-state index in [1.165, 1.54) is 56.9 Å². The minimum Gasteiger partial charge on any atom is -0.475 e. The third-order valence-electron chi connectivity index (χ3n) is 6.37. The van der Waals surface area contributed by atoms with Gasteiger partial charge in [0.05, 0.1) is 6.61 Å². The molecule has 7 nitrogen and oxygen atoms in total. The Morgan fingerprint density at radius 2 is 1.64 bits per heavy atom. The number of likely N-dealkylation sites (tertiary alicyclic amines) is 2. The largest absolute Gasteiger partial charge is 0.490 e. The van der Waals surface area contributed by atoms with Crippen molar-refractivity contribution in [2.24, 2.45) is 17.3 Å². The summed E-state index contributed by atoms with van der Waals surface area (Å²) >= 11 is 1.89. The summed E-state index contributed by atoms with van der Waals surface area (Å²) in [6, 6.07) is 4.45. The number of halogens is 6. The quantitative estimate of drug-likeness (QED) is 0.516. The predicted molar refractivity (Wildman–Crippen MR) is 119 cm³/mol. The van der Waals surface area contributed by atoms with E-state index in [0.717, 1.165) is 25.0 Å². The minimum absolute atomic E-state index is 0.488. The van der Waals surface area contributed by atoms with Crippen molar-refractivity contribution in [3.05, 3.63) is 22.4 Å². The summed E-state index contributed by atoms with van der Waals surface area (Å²) in [5.41, 5.74) is 0.488. The molecule has 1 aromatic heterocycles. The lowest BCUT2D eigenvalue weighted by atomic mass is 9.77. The van der Waals surface area contributed by atoms with E-state index in [1.807, 2.05) is 18.4 Å². The predicted octanol–water partition coefficient (Wildman–Crippen LogP) is 4.20. The van der Waals surface area contributed by atoms with Crippen LogP contribution in [-0.4, -0.2) is 90.7 Å². The van der Waals surface area contributed by atoms with Crippen LogP contribution in [0, 0.1) is 17.3 Å². The van der Waals surface area contributed by atoms with Gasteiger partial charge in [-0.2, -0.15) is 26.3 Å². The molecule has 3 heterocycles. The monoisotopic (exact) mass is 548 g/mol. The first-order chi connectivity index (χ1) is 16.7. The number of rotatable bonds is 6. The highest BCUT2D eigenvalue weighted by molar-refractivity contribution is 7.09. The van der Waals surface area contributed by atoms with Crippen LogP contribution in [0.25, 0.3) is 0 Å². The van der Waals surface area contributed by atoms with Gasteiger partial charge in [-0.15, -0.1) is 11.3 Å². The molecular formula is C22H30F6N2O5S. The first-order valence-electron chi connectivity index (χ1n) is 11.2. The summed E-state index contributed by atoms with van der Waals surface area (Å²) in [4.78, 5) is 24.7. The SMILES string of the molecule is COC[C@H]1CN(CC2CC2)C[C@@]12CCN(Cc1cccs1)C2.O=C(O)C(F)(F)F.O=C(O)C(F)(F)F. The van der Waals surface area contributed by atoms with Crippen molar-refractivity contribution >= 4 is 23.3 Å². The Bertz CT molecular complexity index is 823. The maximum atomic E-state index is 10.6. The zero-order chi connectivity index (χ0) is 27.1. The maximum Gasteiger partial charge on any atom is 0.490 e. The molecule has 0 unspecified atom stereocenters. The molecule has 1 spiro atoms. The van der Waals surface area contributed by atoms with E-state index < -0.39 is 24.3 Å². The first-order valence-corrected chi connectivity index (χ1v) is 12.1. The van der Waals surface area contributed by atoms with Gasteiger partial charge in [0.15, 0.2) is 0 Å². The van der Waals surface area contributed by atoms with Crippen LogP contribution >= 0.6 is 11.3 Å². The molecule has 14 heteroatoms. The molecule has 206 valence electrons. The van der Waals surface area contributed by atoms with Crippen molar-refractivity contribution < 1.29 is 50.9 Å². The Balaban J connectivity index is 0.000000271. The molecule has 4 rings (SSSR count). The molecule has 0 amide bonds. The number of carboxylic acids is 2. The molecule has 1 aromatic rings. The Morgan fingerprint density at radius 3 is 2.08 bits per heavy atom. The van der Waals surface area contributed by atoms with Gasteiger partial charge in [0, 0.05) is 56.0 Å². The van der Waals surface area contributed by atoms with Crippen LogP contribution in [0.2, 0.25) is 0 Å². The Labute approximate surface area is 208 Å². The number of hydrogen-bond acceptors (Lipinski definition) is 6. The number of alkyl halides is 6. The van der Waals surface area contributed by atoms with Crippen LogP contribution in [0.5, 0.6) is 0 Å². The van der Waals surface area contributed by atoms with Crippen LogP contribution in [-0.2, 0) is 20.9 Å². The third-order valence-corrected chi connectivity index (χ3v) is 7.23. The fraction of sp³-hybridized carbons (Fsp3) is 0.727. The summed E-state index contributed by atoms with van der Waals surface area (Å²) in [7, 11) is 1.87. The van der Waals surface area contributed by atoms with Gasteiger partial charge in [-0.25, -0.2) is 9.59 Å². The number of methoxy groups -OCH3 is 1. The van der Waals surface area contributed by atoms with Crippen LogP contribution in [0.1, 0.15) is 24.1 Å². The van der Waals surface area contributed by atoms with E-state index in [1.54, 1.807) is 0 Å². The molecule has 0 bridgehead atoms. The van der Waals surface area contributed by atoms with E-state index in [2.05, 4.69) is 27.3 Å². The number of thiophene rings is 1. The number of aliphatic carboxylic acids is 2. The van der Waals surface area contributed by atoms with E-state index in [9.17, 15) is 26.3 Å². The first kappa shape index (κ1) is 30.3. The fourth-order valence-corrected chi connectivity index (χ4v) is 5.33. The van der Waals surface area contributed by atoms with Gasteiger partial charge in [-0.1, -0.05) is 6.07 Å². The average Bonchev–Trinajstić information content (AvgIpc) is 3.13. The lowest BCUT2D eigenvalue weighted by Gasteiger charge is -2.30. The number of nitrogens with zero attached hydrogens (tertiary/aromatic N) is 2. The maximum absolute atomic E-state index is 10.6. The average molecular weight is 549 g/mol. The van der Waals surface area contributed by atoms with Gasteiger partial charge in [-0.3, -0.25) is 4.90 Å². The molecule has 1 saturated carbocycles. The standard InChI is InChI=1S/C18H28N2OS.2C2HF3O2/c1-21-12-16-10-20(9-15-4-5-15)14-18(16)6-7-19(13-18)11-17-3-2-8-22-17;2*3-2(4,5)1(6)7/h2-3,8,15-16H,4-7,9-14H2,1H3;2*(H,6,7)/t16-,18+;;/m1../s1. The summed E-state index contributed by atoms with van der Waals surface area (Å²) in [6.45, 7) is 8.51. The van der Waals surface area contributed by atoms with Crippen molar-refractivity contribution in [3.8, 4) is 0 Å². The van der Waals surface area contributed by atoms with Gasteiger partial charge in [0.25, 0.3) is 0 Å². The molecule has 2 saturated heterocycles. The highest BCUT2D eigenvalue weighted by Crippen LogP contribution is 2.45. The summed E-state index contributed by atoms with van der Waals surface area (Å²) in [6.07, 6.45) is -5.89. The molecule has 3 fully saturated rings. The van der Waals surface area contributed by atoms with Crippen molar-refractivity contribution in [3.63, 3.8) is 0 Å². The lowest BCUT2D eigenvalue weighted by Crippen LogP contribution is -2.36. The van der Waals surface area contributed by atoms with Gasteiger partial charge < -0.3 is 19.8 Å². The normalized spacial score (nSPS) is 24.7. The van der Waals surface area contributed by atoms with Crippen LogP contribution < -0.4 is 0 Å². The van der Waals surface area contributed by atoms with E-state index in [0.29, 0.717) is 5.41 Å². The third kappa shape index (κ3) is 9.52. The van der Waals surface area contributed by atoms with Crippen LogP contribution in [0.15, 0.2) is 17.5 Å². The summed E-state index contributed by atoms with van der Waals surface area (Å²) < 4.78 is 69.1. The molecule has 36 heavy (non-hydrogen) atoms. The topological polar surface area (TPSA) is 90.3 Å². The van der Waals surface area contributed by atoms with E-state index in [-0.39, 0.29) is 0 Å². The summed E-state index contributed by atoms with van der Waals surface area (Å²) in [5, 5.41) is 16.4. The molecule has 1 aliphatic carbocycles. The van der Waals surface area contributed by atoms with Gasteiger partial charge in [0.1, 0.15) is 0 Å². The molecule has 3 aliphatic rings. The number of ether oxygens (including phenoxy) is 1. The Kier molecular flexibility index (Phi) is 10.6. The van der Waals surface area contributed by atoms with Crippen molar-refractivity contribution in [2.45, 2.75) is 38.2 Å².